The zero-order valence-corrected chi connectivity index (χ0v) is 39.0. The summed E-state index contributed by atoms with van der Waals surface area (Å²) in [5.74, 6) is 0.355. The molecule has 2 atom stereocenters. The van der Waals surface area contributed by atoms with Gasteiger partial charge in [0.1, 0.15) is 59.9 Å². The molecule has 0 radical (unpaired) electrons. The van der Waals surface area contributed by atoms with Gasteiger partial charge in [-0.05, 0) is 71.4 Å². The van der Waals surface area contributed by atoms with Crippen molar-refractivity contribution in [3.05, 3.63) is 106 Å². The number of esters is 2. The quantitative estimate of drug-likeness (QED) is 0.0670. The molecular weight excluding hydrogens is 849 g/mol. The lowest BCUT2D eigenvalue weighted by Crippen LogP contribution is -2.42. The molecule has 0 fully saturated rings. The highest BCUT2D eigenvalue weighted by molar-refractivity contribution is 6.29. The number of benzene rings is 4. The molecule has 66 heavy (non-hydrogen) atoms. The first-order valence-electron chi connectivity index (χ1n) is 21.5. The Labute approximate surface area is 383 Å². The zero-order chi connectivity index (χ0) is 47.7. The number of ether oxygens (including phenoxy) is 8. The van der Waals surface area contributed by atoms with Gasteiger partial charge in [0.25, 0.3) is 11.1 Å². The predicted molar refractivity (Wildman–Crippen MR) is 252 cm³/mol. The Balaban J connectivity index is 1.21. The Morgan fingerprint density at radius 2 is 0.864 bits per heavy atom. The van der Waals surface area contributed by atoms with Crippen LogP contribution in [0.3, 0.4) is 0 Å². The number of nitrogens with one attached hydrogen (secondary N) is 2. The summed E-state index contributed by atoms with van der Waals surface area (Å²) in [7, 11) is 9.48. The van der Waals surface area contributed by atoms with Crippen molar-refractivity contribution in [2.24, 2.45) is 14.1 Å². The molecule has 6 aromatic rings. The van der Waals surface area contributed by atoms with E-state index < -0.39 is 24.1 Å². The number of hydrogen-bond donors (Lipinski definition) is 2. The van der Waals surface area contributed by atoms with Crippen LogP contribution >= 0.6 is 0 Å². The van der Waals surface area contributed by atoms with Crippen LogP contribution in [0.4, 0.5) is 0 Å². The first-order chi connectivity index (χ1) is 31.6. The minimum Gasteiger partial charge on any atom is -0.497 e. The third-order valence-corrected chi connectivity index (χ3v) is 10.9. The minimum absolute atomic E-state index is 0.00182. The average molecular weight is 907 g/mol. The molecule has 16 nitrogen and oxygen atoms in total. The Morgan fingerprint density at radius 1 is 0.515 bits per heavy atom. The molecule has 16 heteroatoms. The second-order valence-corrected chi connectivity index (χ2v) is 16.2. The summed E-state index contributed by atoms with van der Waals surface area (Å²) in [5.41, 5.74) is 1.84. The number of nitrogens with zero attached hydrogens (tertiary/aromatic N) is 2. The van der Waals surface area contributed by atoms with Crippen molar-refractivity contribution in [1.29, 1.82) is 0 Å². The van der Waals surface area contributed by atoms with Gasteiger partial charge in [-0.25, -0.2) is 9.59 Å². The summed E-state index contributed by atoms with van der Waals surface area (Å²) in [6.45, 7) is 7.64. The highest BCUT2D eigenvalue weighted by Crippen LogP contribution is 2.36. The maximum Gasteiger partial charge on any atom is 0.417 e. The lowest BCUT2D eigenvalue weighted by Gasteiger charge is -2.23. The van der Waals surface area contributed by atoms with Gasteiger partial charge in [-0.3, -0.25) is 9.59 Å². The van der Waals surface area contributed by atoms with E-state index in [9.17, 15) is 19.2 Å². The van der Waals surface area contributed by atoms with E-state index >= 15 is 0 Å². The third-order valence-electron chi connectivity index (χ3n) is 10.9. The summed E-state index contributed by atoms with van der Waals surface area (Å²) in [6, 6.07) is 24.8. The minimum atomic E-state index is -1.23. The van der Waals surface area contributed by atoms with Crippen molar-refractivity contribution in [3.63, 3.8) is 0 Å². The fraction of sp³-hybridized carbons (Fsp3) is 0.360. The first-order valence-corrected chi connectivity index (χ1v) is 21.5. The first kappa shape index (κ1) is 48.4. The number of fused-ring (bicyclic) bond motifs is 2. The number of aromatic nitrogens is 2. The molecule has 0 aliphatic heterocycles. The van der Waals surface area contributed by atoms with Crippen molar-refractivity contribution in [3.8, 4) is 57.0 Å². The largest absolute Gasteiger partial charge is 0.497 e. The van der Waals surface area contributed by atoms with Crippen LogP contribution in [-0.2, 0) is 33.2 Å². The summed E-state index contributed by atoms with van der Waals surface area (Å²) in [5, 5.41) is 8.89. The van der Waals surface area contributed by atoms with Crippen LogP contribution in [0.2, 0.25) is 0 Å². The molecule has 0 amide bonds. The van der Waals surface area contributed by atoms with Gasteiger partial charge < -0.3 is 57.7 Å². The van der Waals surface area contributed by atoms with Gasteiger partial charge >= 0.3 is 11.9 Å². The highest BCUT2D eigenvalue weighted by atomic mass is 16.6. The molecule has 2 unspecified atom stereocenters. The topological polar surface area (TPSA) is 176 Å². The maximum absolute atomic E-state index is 13.6. The van der Waals surface area contributed by atoms with Gasteiger partial charge in [0.15, 0.2) is 0 Å². The molecule has 0 spiro atoms. The van der Waals surface area contributed by atoms with Crippen molar-refractivity contribution >= 4 is 33.5 Å². The molecule has 0 aliphatic rings. The zero-order valence-electron chi connectivity index (χ0n) is 39.0. The van der Waals surface area contributed by atoms with Gasteiger partial charge in [-0.1, -0.05) is 39.8 Å². The van der Waals surface area contributed by atoms with Crippen LogP contribution in [0.25, 0.3) is 44.1 Å². The summed E-state index contributed by atoms with van der Waals surface area (Å²) in [6.07, 6.45) is -1.92. The van der Waals surface area contributed by atoms with Gasteiger partial charge in [0.05, 0.1) is 50.6 Å². The number of hydrogen-bond acceptors (Lipinski definition) is 14. The lowest BCUT2D eigenvalue weighted by atomic mass is 10.0. The fourth-order valence-electron chi connectivity index (χ4n) is 7.22. The van der Waals surface area contributed by atoms with Crippen LogP contribution in [-0.4, -0.2) is 100 Å². The summed E-state index contributed by atoms with van der Waals surface area (Å²) >= 11 is 0. The van der Waals surface area contributed by atoms with Crippen molar-refractivity contribution in [1.82, 2.24) is 19.8 Å². The van der Waals surface area contributed by atoms with Gasteiger partial charge in [-0.15, -0.1) is 0 Å². The van der Waals surface area contributed by atoms with E-state index in [-0.39, 0.29) is 49.5 Å². The number of carbonyl (C=O) groups excluding carboxylic acids is 2. The molecule has 4 aromatic carbocycles. The molecule has 0 bridgehead atoms. The Hall–Kier alpha value is -7.04. The monoisotopic (exact) mass is 906 g/mol. The van der Waals surface area contributed by atoms with Crippen LogP contribution in [0.1, 0.15) is 27.7 Å². The Bertz CT molecular complexity index is 2630. The summed E-state index contributed by atoms with van der Waals surface area (Å²) < 4.78 is 49.0. The predicted octanol–water partition coefficient (Wildman–Crippen LogP) is 6.04. The normalized spacial score (nSPS) is 12.2. The van der Waals surface area contributed by atoms with Crippen LogP contribution < -0.4 is 50.2 Å². The second kappa shape index (κ2) is 21.8. The Morgan fingerprint density at radius 3 is 1.21 bits per heavy atom. The van der Waals surface area contributed by atoms with Crippen LogP contribution in [0.5, 0.6) is 34.5 Å². The van der Waals surface area contributed by atoms with E-state index in [0.29, 0.717) is 78.6 Å². The standard InChI is InChI=1S/C50H58N4O12/c1-29(2)51-25-37(27-63-45-23-35(61-9)15-17-39(45)43-19-31-11-13-33(59-7)21-41(31)47(55)53(43)5)65-49(57)50(58)66-38(26-52-30(3)4)28-64-46-24-36(62-10)16-18-40(46)44-20-32-12-14-34(60-8)22-42(32)48(56)54(44)6/h11-24,29-30,37-38,51-52H,25-28H2,1-10H3. The number of pyridine rings is 2. The Kier molecular flexibility index (Phi) is 16.0. The number of methoxy groups -OCH3 is 4. The van der Waals surface area contributed by atoms with Crippen molar-refractivity contribution < 1.29 is 47.5 Å². The molecule has 2 aromatic heterocycles. The van der Waals surface area contributed by atoms with E-state index in [4.69, 9.17) is 37.9 Å². The lowest BCUT2D eigenvalue weighted by molar-refractivity contribution is -0.175. The van der Waals surface area contributed by atoms with E-state index in [1.807, 2.05) is 52.0 Å². The van der Waals surface area contributed by atoms with Crippen molar-refractivity contribution in [2.45, 2.75) is 52.0 Å². The molecule has 0 saturated carbocycles. The molecular formula is C50H58N4O12. The van der Waals surface area contributed by atoms with Crippen molar-refractivity contribution in [2.75, 3.05) is 54.7 Å². The summed E-state index contributed by atoms with van der Waals surface area (Å²) in [4.78, 5) is 54.3. The van der Waals surface area contributed by atoms with E-state index in [1.54, 1.807) is 89.0 Å². The maximum atomic E-state index is 13.6. The van der Waals surface area contributed by atoms with E-state index in [0.717, 1.165) is 0 Å². The van der Waals surface area contributed by atoms with E-state index in [1.165, 1.54) is 23.4 Å². The molecule has 0 saturated heterocycles. The molecule has 6 rings (SSSR count). The van der Waals surface area contributed by atoms with E-state index in [2.05, 4.69) is 10.6 Å². The van der Waals surface area contributed by atoms with Crippen LogP contribution in [0, 0.1) is 0 Å². The molecule has 2 heterocycles. The van der Waals surface area contributed by atoms with Gasteiger partial charge in [0, 0.05) is 62.5 Å². The second-order valence-electron chi connectivity index (χ2n) is 16.2. The fourth-order valence-corrected chi connectivity index (χ4v) is 7.22. The average Bonchev–Trinajstić information content (AvgIpc) is 3.32. The smallest absolute Gasteiger partial charge is 0.417 e. The molecule has 350 valence electrons. The highest BCUT2D eigenvalue weighted by Gasteiger charge is 2.28. The SMILES string of the molecule is COc1ccc(-c2cc3ccc(OC)cc3c(=O)n2C)c(OCC(CNC(C)C)OC(=O)C(=O)OC(CNC(C)C)COc2cc(OC)ccc2-c2cc3ccc(OC)cc3c(=O)n2C)c1. The molecule has 0 aliphatic carbocycles. The van der Waals surface area contributed by atoms with Crippen LogP contribution in [0.15, 0.2) is 94.5 Å². The number of rotatable bonds is 20. The third kappa shape index (κ3) is 11.4. The van der Waals surface area contributed by atoms with Gasteiger partial charge in [-0.2, -0.15) is 0 Å². The number of carbonyl (C=O) groups is 2. The molecule has 2 N–H and O–H groups in total. The van der Waals surface area contributed by atoms with Gasteiger partial charge in [0.2, 0.25) is 0 Å².